The van der Waals surface area contributed by atoms with Gasteiger partial charge in [0.25, 0.3) is 5.91 Å². The van der Waals surface area contributed by atoms with Crippen LogP contribution in [0.2, 0.25) is 0 Å². The van der Waals surface area contributed by atoms with Crippen molar-refractivity contribution in [1.82, 2.24) is 5.32 Å². The van der Waals surface area contributed by atoms with Crippen molar-refractivity contribution >= 4 is 5.91 Å². The van der Waals surface area contributed by atoms with Gasteiger partial charge in [0, 0.05) is 19.2 Å². The normalized spacial score (nSPS) is 11.5. The second-order valence-electron chi connectivity index (χ2n) is 4.66. The number of nitrogens with zero attached hydrogens (tertiary/aromatic N) is 1. The molecule has 4 nitrogen and oxygen atoms in total. The summed E-state index contributed by atoms with van der Waals surface area (Å²) in [4.78, 5) is 12.2. The first kappa shape index (κ1) is 15.7. The molecule has 1 atom stereocenters. The number of carbonyl (C=O) groups is 1. The van der Waals surface area contributed by atoms with Gasteiger partial charge in [0.1, 0.15) is 5.82 Å². The van der Waals surface area contributed by atoms with Crippen LogP contribution in [0.1, 0.15) is 22.8 Å². The molecular formula is C17H15FN2O2. The van der Waals surface area contributed by atoms with Crippen molar-refractivity contribution in [3.8, 4) is 6.07 Å². The number of nitrogens with one attached hydrogen (secondary N) is 1. The molecule has 0 bridgehead atoms. The van der Waals surface area contributed by atoms with Crippen LogP contribution < -0.4 is 5.32 Å². The molecule has 0 aliphatic rings. The number of halogens is 1. The molecule has 1 amide bonds. The summed E-state index contributed by atoms with van der Waals surface area (Å²) in [6.07, 6.45) is -1.00. The second-order valence-corrected chi connectivity index (χ2v) is 4.66. The van der Waals surface area contributed by atoms with E-state index in [9.17, 15) is 9.18 Å². The van der Waals surface area contributed by atoms with Crippen LogP contribution in [0.5, 0.6) is 0 Å². The van der Waals surface area contributed by atoms with Crippen LogP contribution in [0.25, 0.3) is 0 Å². The topological polar surface area (TPSA) is 62.1 Å². The van der Waals surface area contributed by atoms with Crippen molar-refractivity contribution in [3.05, 3.63) is 71.0 Å². The Bertz CT molecular complexity index is 693. The van der Waals surface area contributed by atoms with Crippen LogP contribution >= 0.6 is 0 Å². The average Bonchev–Trinajstić information content (AvgIpc) is 2.56. The van der Waals surface area contributed by atoms with E-state index in [4.69, 9.17) is 10.00 Å². The predicted octanol–water partition coefficient (Wildman–Crippen LogP) is 2.70. The maximum atomic E-state index is 13.7. The van der Waals surface area contributed by atoms with E-state index in [0.29, 0.717) is 5.56 Å². The third kappa shape index (κ3) is 3.68. The first-order valence-electron chi connectivity index (χ1n) is 6.69. The highest BCUT2D eigenvalue weighted by Gasteiger charge is 2.22. The summed E-state index contributed by atoms with van der Waals surface area (Å²) < 4.78 is 18.9. The number of methoxy groups -OCH3 is 1. The first-order valence-corrected chi connectivity index (χ1v) is 6.69. The number of hydrogen-bond donors (Lipinski definition) is 1. The molecular weight excluding hydrogens is 283 g/mol. The molecule has 0 aromatic heterocycles. The monoisotopic (exact) mass is 298 g/mol. The molecule has 2 aromatic rings. The molecule has 5 heteroatoms. The number of hydrogen-bond acceptors (Lipinski definition) is 3. The molecule has 0 heterocycles. The van der Waals surface area contributed by atoms with Crippen LogP contribution in [0, 0.1) is 17.1 Å². The summed E-state index contributed by atoms with van der Waals surface area (Å²) in [6.45, 7) is 0.277. The van der Waals surface area contributed by atoms with Crippen molar-refractivity contribution in [2.45, 2.75) is 12.6 Å². The maximum absolute atomic E-state index is 13.7. The van der Waals surface area contributed by atoms with Crippen LogP contribution in [-0.4, -0.2) is 13.0 Å². The Morgan fingerprint density at radius 1 is 1.27 bits per heavy atom. The highest BCUT2D eigenvalue weighted by Crippen LogP contribution is 2.20. The lowest BCUT2D eigenvalue weighted by molar-refractivity contribution is -0.131. The minimum atomic E-state index is -1.00. The quantitative estimate of drug-likeness (QED) is 0.923. The van der Waals surface area contributed by atoms with Crippen molar-refractivity contribution < 1.29 is 13.9 Å². The fourth-order valence-electron chi connectivity index (χ4n) is 2.04. The number of carbonyl (C=O) groups excluding carboxylic acids is 1. The molecule has 0 aliphatic carbocycles. The van der Waals surface area contributed by atoms with E-state index in [0.717, 1.165) is 5.56 Å². The molecule has 0 saturated carbocycles. The zero-order valence-electron chi connectivity index (χ0n) is 12.0. The van der Waals surface area contributed by atoms with Crippen molar-refractivity contribution in [3.63, 3.8) is 0 Å². The van der Waals surface area contributed by atoms with Gasteiger partial charge in [0.15, 0.2) is 6.10 Å². The lowest BCUT2D eigenvalue weighted by atomic mass is 10.1. The molecule has 0 saturated heterocycles. The van der Waals surface area contributed by atoms with Gasteiger partial charge >= 0.3 is 0 Å². The summed E-state index contributed by atoms with van der Waals surface area (Å²) in [6, 6.07) is 14.9. The summed E-state index contributed by atoms with van der Waals surface area (Å²) in [5, 5.41) is 11.4. The maximum Gasteiger partial charge on any atom is 0.254 e. The van der Waals surface area contributed by atoms with E-state index in [1.165, 1.54) is 19.2 Å². The van der Waals surface area contributed by atoms with E-state index >= 15 is 0 Å². The first-order chi connectivity index (χ1) is 10.7. The van der Waals surface area contributed by atoms with Gasteiger partial charge in [-0.15, -0.1) is 0 Å². The highest BCUT2D eigenvalue weighted by atomic mass is 19.1. The third-order valence-corrected chi connectivity index (χ3v) is 3.21. The molecule has 0 unspecified atom stereocenters. The van der Waals surface area contributed by atoms with Crippen molar-refractivity contribution in [2.24, 2.45) is 0 Å². The van der Waals surface area contributed by atoms with Crippen molar-refractivity contribution in [2.75, 3.05) is 7.11 Å². The predicted molar refractivity (Wildman–Crippen MR) is 79.2 cm³/mol. The average molecular weight is 298 g/mol. The number of nitriles is 1. The van der Waals surface area contributed by atoms with Gasteiger partial charge in [-0.3, -0.25) is 4.79 Å². The van der Waals surface area contributed by atoms with E-state index in [1.807, 2.05) is 6.07 Å². The SMILES string of the molecule is CO[C@H](C(=O)NCc1ccc(C#N)cc1)c1ccccc1F. The Hall–Kier alpha value is -2.71. The largest absolute Gasteiger partial charge is 0.367 e. The van der Waals surface area contributed by atoms with Crippen molar-refractivity contribution in [1.29, 1.82) is 5.26 Å². The minimum absolute atomic E-state index is 0.197. The molecule has 2 rings (SSSR count). The smallest absolute Gasteiger partial charge is 0.254 e. The Labute approximate surface area is 128 Å². The van der Waals surface area contributed by atoms with E-state index < -0.39 is 17.8 Å². The van der Waals surface area contributed by atoms with Crippen LogP contribution in [0.4, 0.5) is 4.39 Å². The molecule has 22 heavy (non-hydrogen) atoms. The zero-order valence-corrected chi connectivity index (χ0v) is 12.0. The summed E-state index contributed by atoms with van der Waals surface area (Å²) in [5.41, 5.74) is 1.59. The van der Waals surface area contributed by atoms with E-state index in [2.05, 4.69) is 5.32 Å². The third-order valence-electron chi connectivity index (χ3n) is 3.21. The standard InChI is InChI=1S/C17H15FN2O2/c1-22-16(14-4-2-3-5-15(14)18)17(21)20-11-13-8-6-12(10-19)7-9-13/h2-9,16H,11H2,1H3,(H,20,21)/t16-/m0/s1. The Kier molecular flexibility index (Phi) is 5.23. The summed E-state index contributed by atoms with van der Waals surface area (Å²) in [5.74, 6) is -0.903. The Morgan fingerprint density at radius 2 is 1.95 bits per heavy atom. The van der Waals surface area contributed by atoms with Gasteiger partial charge in [-0.1, -0.05) is 30.3 Å². The number of rotatable bonds is 5. The fourth-order valence-corrected chi connectivity index (χ4v) is 2.04. The molecule has 1 N–H and O–H groups in total. The van der Waals surface area contributed by atoms with E-state index in [-0.39, 0.29) is 12.1 Å². The molecule has 2 aromatic carbocycles. The summed E-state index contributed by atoms with van der Waals surface area (Å²) in [7, 11) is 1.36. The number of ether oxygens (including phenoxy) is 1. The highest BCUT2D eigenvalue weighted by molar-refractivity contribution is 5.82. The van der Waals surface area contributed by atoms with Crippen LogP contribution in [0.3, 0.4) is 0 Å². The van der Waals surface area contributed by atoms with Gasteiger partial charge in [-0.05, 0) is 23.8 Å². The van der Waals surface area contributed by atoms with Gasteiger partial charge in [-0.2, -0.15) is 5.26 Å². The fraction of sp³-hybridized carbons (Fsp3) is 0.176. The second kappa shape index (κ2) is 7.34. The zero-order chi connectivity index (χ0) is 15.9. The van der Waals surface area contributed by atoms with Crippen LogP contribution in [-0.2, 0) is 16.1 Å². The molecule has 0 fully saturated rings. The minimum Gasteiger partial charge on any atom is -0.367 e. The van der Waals surface area contributed by atoms with Gasteiger partial charge in [-0.25, -0.2) is 4.39 Å². The lowest BCUT2D eigenvalue weighted by Gasteiger charge is -2.16. The molecule has 0 aliphatic heterocycles. The lowest BCUT2D eigenvalue weighted by Crippen LogP contribution is -2.30. The number of benzene rings is 2. The van der Waals surface area contributed by atoms with E-state index in [1.54, 1.807) is 36.4 Å². The number of amides is 1. The summed E-state index contributed by atoms with van der Waals surface area (Å²) >= 11 is 0. The molecule has 0 spiro atoms. The van der Waals surface area contributed by atoms with Crippen LogP contribution in [0.15, 0.2) is 48.5 Å². The van der Waals surface area contributed by atoms with Gasteiger partial charge in [0.05, 0.1) is 11.6 Å². The Morgan fingerprint density at radius 3 is 2.55 bits per heavy atom. The molecule has 0 radical (unpaired) electrons. The van der Waals surface area contributed by atoms with Gasteiger partial charge in [0.2, 0.25) is 0 Å². The Balaban J connectivity index is 2.03. The molecule has 112 valence electrons. The van der Waals surface area contributed by atoms with Gasteiger partial charge < -0.3 is 10.1 Å².